The molecule has 2 aromatic carbocycles. The van der Waals surface area contributed by atoms with Crippen LogP contribution in [0.1, 0.15) is 44.2 Å². The summed E-state index contributed by atoms with van der Waals surface area (Å²) in [4.78, 5) is 37.0. The Bertz CT molecular complexity index is 1050. The van der Waals surface area contributed by atoms with Crippen molar-refractivity contribution in [1.29, 1.82) is 0 Å². The highest BCUT2D eigenvalue weighted by Gasteiger charge is 2.40. The number of carbonyl (C=O) groups excluding carboxylic acids is 2. The molecule has 0 radical (unpaired) electrons. The molecule has 2 amide bonds. The Morgan fingerprint density at radius 1 is 1.06 bits per heavy atom. The first-order valence-corrected chi connectivity index (χ1v) is 11.4. The number of ether oxygens (including phenoxy) is 2. The molecule has 1 aliphatic carbocycles. The van der Waals surface area contributed by atoms with E-state index in [1.165, 1.54) is 0 Å². The standard InChI is InChI=1S/C26H30N2O6/c1-26(2,3)22(24(30)31)28-23(29)21-20(12-13-33-21)27-25(32)34-14-19-17-10-6-4-8-15(17)16-9-5-7-11-18(16)19/h4-11,19-22H,12-14H2,1-3H3,(H,27,32)(H,28,29)(H,30,31)/t20-,21+,22+/m0/s1. The number of rotatable bonds is 6. The predicted octanol–water partition coefficient (Wildman–Crippen LogP) is 3.30. The van der Waals surface area contributed by atoms with E-state index >= 15 is 0 Å². The zero-order chi connectivity index (χ0) is 24.5. The molecule has 3 atom stereocenters. The number of carbonyl (C=O) groups is 3. The van der Waals surface area contributed by atoms with Crippen LogP contribution in [0.5, 0.6) is 0 Å². The summed E-state index contributed by atoms with van der Waals surface area (Å²) >= 11 is 0. The molecule has 1 aliphatic heterocycles. The predicted molar refractivity (Wildman–Crippen MR) is 125 cm³/mol. The van der Waals surface area contributed by atoms with E-state index in [-0.39, 0.29) is 19.1 Å². The lowest BCUT2D eigenvalue weighted by Gasteiger charge is -2.29. The molecule has 1 saturated heterocycles. The molecule has 3 N–H and O–H groups in total. The highest BCUT2D eigenvalue weighted by Crippen LogP contribution is 2.44. The van der Waals surface area contributed by atoms with Gasteiger partial charge in [-0.15, -0.1) is 0 Å². The first kappa shape index (κ1) is 23.8. The Morgan fingerprint density at radius 3 is 2.21 bits per heavy atom. The van der Waals surface area contributed by atoms with Crippen LogP contribution < -0.4 is 10.6 Å². The summed E-state index contributed by atoms with van der Waals surface area (Å²) in [6.07, 6.45) is -1.19. The second-order valence-corrected chi connectivity index (χ2v) is 9.80. The minimum atomic E-state index is -1.13. The van der Waals surface area contributed by atoms with E-state index in [2.05, 4.69) is 22.8 Å². The lowest BCUT2D eigenvalue weighted by Crippen LogP contribution is -2.55. The van der Waals surface area contributed by atoms with Crippen molar-refractivity contribution in [3.8, 4) is 11.1 Å². The molecule has 0 saturated carbocycles. The third-order valence-electron chi connectivity index (χ3n) is 6.40. The second-order valence-electron chi connectivity index (χ2n) is 9.80. The van der Waals surface area contributed by atoms with Crippen LogP contribution in [-0.4, -0.2) is 54.5 Å². The fourth-order valence-electron chi connectivity index (χ4n) is 4.66. The smallest absolute Gasteiger partial charge is 0.407 e. The number of amides is 2. The number of hydrogen-bond donors (Lipinski definition) is 3. The number of alkyl carbamates (subject to hydrolysis) is 1. The minimum Gasteiger partial charge on any atom is -0.480 e. The Balaban J connectivity index is 1.38. The van der Waals surface area contributed by atoms with E-state index in [0.29, 0.717) is 6.42 Å². The molecule has 8 heteroatoms. The monoisotopic (exact) mass is 466 g/mol. The van der Waals surface area contributed by atoms with Crippen molar-refractivity contribution < 1.29 is 29.0 Å². The van der Waals surface area contributed by atoms with E-state index in [1.54, 1.807) is 20.8 Å². The molecule has 1 heterocycles. The normalized spacial score (nSPS) is 20.2. The molecule has 2 aromatic rings. The summed E-state index contributed by atoms with van der Waals surface area (Å²) in [5.74, 6) is -1.76. The quantitative estimate of drug-likeness (QED) is 0.602. The Kier molecular flexibility index (Phi) is 6.61. The Morgan fingerprint density at radius 2 is 1.65 bits per heavy atom. The number of benzene rings is 2. The molecule has 8 nitrogen and oxygen atoms in total. The van der Waals surface area contributed by atoms with Crippen molar-refractivity contribution in [3.63, 3.8) is 0 Å². The molecule has 1 fully saturated rings. The average Bonchev–Trinajstić information content (AvgIpc) is 3.37. The number of hydrogen-bond acceptors (Lipinski definition) is 5. The number of nitrogens with one attached hydrogen (secondary N) is 2. The van der Waals surface area contributed by atoms with Crippen LogP contribution >= 0.6 is 0 Å². The molecule has 0 unspecified atom stereocenters. The number of carboxylic acid groups (broad SMARTS) is 1. The topological polar surface area (TPSA) is 114 Å². The Hall–Kier alpha value is -3.39. The van der Waals surface area contributed by atoms with Crippen molar-refractivity contribution in [2.75, 3.05) is 13.2 Å². The van der Waals surface area contributed by atoms with Crippen molar-refractivity contribution in [2.45, 2.75) is 51.3 Å². The van der Waals surface area contributed by atoms with Crippen LogP contribution in [0, 0.1) is 5.41 Å². The summed E-state index contributed by atoms with van der Waals surface area (Å²) in [6.45, 7) is 5.63. The summed E-state index contributed by atoms with van der Waals surface area (Å²) < 4.78 is 11.1. The lowest BCUT2D eigenvalue weighted by atomic mass is 9.86. The summed E-state index contributed by atoms with van der Waals surface area (Å²) in [5.41, 5.74) is 3.81. The molecule has 0 spiro atoms. The van der Waals surface area contributed by atoms with Crippen LogP contribution in [0.2, 0.25) is 0 Å². The number of carboxylic acids is 1. The molecule has 34 heavy (non-hydrogen) atoms. The zero-order valence-electron chi connectivity index (χ0n) is 19.5. The van der Waals surface area contributed by atoms with E-state index in [9.17, 15) is 19.5 Å². The fourth-order valence-corrected chi connectivity index (χ4v) is 4.66. The van der Waals surface area contributed by atoms with Crippen LogP contribution in [-0.2, 0) is 19.1 Å². The summed E-state index contributed by atoms with van der Waals surface area (Å²) in [6, 6.07) is 14.4. The first-order chi connectivity index (χ1) is 16.2. The summed E-state index contributed by atoms with van der Waals surface area (Å²) in [7, 11) is 0. The van der Waals surface area contributed by atoms with Gasteiger partial charge in [-0.2, -0.15) is 0 Å². The van der Waals surface area contributed by atoms with Crippen LogP contribution in [0.15, 0.2) is 48.5 Å². The molecule has 4 rings (SSSR count). The van der Waals surface area contributed by atoms with Gasteiger partial charge in [0, 0.05) is 12.5 Å². The van der Waals surface area contributed by atoms with Gasteiger partial charge in [-0.1, -0.05) is 69.3 Å². The minimum absolute atomic E-state index is 0.0693. The molecule has 0 bridgehead atoms. The van der Waals surface area contributed by atoms with Gasteiger partial charge in [0.25, 0.3) is 5.91 Å². The third-order valence-corrected chi connectivity index (χ3v) is 6.40. The SMILES string of the molecule is CC(C)(C)[C@H](NC(=O)[C@@H]1OCC[C@@H]1NC(=O)OCC1c2ccccc2-c2ccccc21)C(=O)O. The Labute approximate surface area is 198 Å². The largest absolute Gasteiger partial charge is 0.480 e. The van der Waals surface area contributed by atoms with Gasteiger partial charge in [0.05, 0.1) is 6.04 Å². The average molecular weight is 467 g/mol. The van der Waals surface area contributed by atoms with Gasteiger partial charge in [-0.3, -0.25) is 4.79 Å². The first-order valence-electron chi connectivity index (χ1n) is 11.4. The molecule has 180 valence electrons. The van der Waals surface area contributed by atoms with Crippen molar-refractivity contribution in [2.24, 2.45) is 5.41 Å². The van der Waals surface area contributed by atoms with Crippen molar-refractivity contribution in [1.82, 2.24) is 10.6 Å². The van der Waals surface area contributed by atoms with Gasteiger partial charge in [0.15, 0.2) is 6.10 Å². The van der Waals surface area contributed by atoms with Gasteiger partial charge >= 0.3 is 12.1 Å². The van der Waals surface area contributed by atoms with Crippen molar-refractivity contribution >= 4 is 18.0 Å². The number of fused-ring (bicyclic) bond motifs is 3. The van der Waals surface area contributed by atoms with Crippen LogP contribution in [0.25, 0.3) is 11.1 Å². The maximum atomic E-state index is 12.7. The van der Waals surface area contributed by atoms with E-state index in [4.69, 9.17) is 9.47 Å². The molecule has 2 aliphatic rings. The lowest BCUT2D eigenvalue weighted by molar-refractivity contribution is -0.147. The highest BCUT2D eigenvalue weighted by molar-refractivity contribution is 5.88. The van der Waals surface area contributed by atoms with Gasteiger partial charge in [-0.25, -0.2) is 9.59 Å². The molecule has 0 aromatic heterocycles. The summed E-state index contributed by atoms with van der Waals surface area (Å²) in [5, 5.41) is 14.8. The van der Waals surface area contributed by atoms with E-state index in [1.807, 2.05) is 36.4 Å². The van der Waals surface area contributed by atoms with E-state index < -0.39 is 41.6 Å². The fraction of sp³-hybridized carbons (Fsp3) is 0.423. The highest BCUT2D eigenvalue weighted by atomic mass is 16.6. The molecular formula is C26H30N2O6. The zero-order valence-corrected chi connectivity index (χ0v) is 19.5. The van der Waals surface area contributed by atoms with E-state index in [0.717, 1.165) is 22.3 Å². The maximum Gasteiger partial charge on any atom is 0.407 e. The van der Waals surface area contributed by atoms with Crippen LogP contribution in [0.4, 0.5) is 4.79 Å². The van der Waals surface area contributed by atoms with Crippen LogP contribution in [0.3, 0.4) is 0 Å². The maximum absolute atomic E-state index is 12.7. The van der Waals surface area contributed by atoms with Crippen molar-refractivity contribution in [3.05, 3.63) is 59.7 Å². The third kappa shape index (κ3) is 4.77. The van der Waals surface area contributed by atoms with Gasteiger partial charge in [-0.05, 0) is 34.1 Å². The second kappa shape index (κ2) is 9.46. The van der Waals surface area contributed by atoms with Gasteiger partial charge in [0.1, 0.15) is 12.6 Å². The van der Waals surface area contributed by atoms with Gasteiger partial charge in [0.2, 0.25) is 0 Å². The van der Waals surface area contributed by atoms with Gasteiger partial charge < -0.3 is 25.2 Å². The molecular weight excluding hydrogens is 436 g/mol. The number of aliphatic carboxylic acids is 1.